The molecule has 0 aliphatic heterocycles. The van der Waals surface area contributed by atoms with Crippen LogP contribution in [-0.4, -0.2) is 15.9 Å². The Morgan fingerprint density at radius 2 is 1.94 bits per heavy atom. The predicted octanol–water partition coefficient (Wildman–Crippen LogP) is 1.97. The molecule has 0 saturated heterocycles. The molecular weight excluding hydrogens is 333 g/mol. The molecule has 0 unspecified atom stereocenters. The van der Waals surface area contributed by atoms with E-state index in [2.05, 4.69) is 32.6 Å². The Kier molecular flexibility index (Phi) is 3.52. The molecular formula is C11H8IN3O2. The Hall–Kier alpha value is -1.70. The Labute approximate surface area is 111 Å². The van der Waals surface area contributed by atoms with Gasteiger partial charge in [-0.05, 0) is 34.7 Å². The Balaban J connectivity index is 2.37. The number of nitrogens with two attached hydrogens (primary N) is 1. The number of hydrogen-bond donors (Lipinski definition) is 1. The van der Waals surface area contributed by atoms with E-state index in [1.54, 1.807) is 6.07 Å². The number of carbonyl (C=O) groups is 1. The van der Waals surface area contributed by atoms with Crippen LogP contribution in [0.4, 0.5) is 0 Å². The van der Waals surface area contributed by atoms with Crippen molar-refractivity contribution in [3.8, 4) is 11.6 Å². The number of aromatic nitrogens is 2. The molecule has 2 aromatic rings. The van der Waals surface area contributed by atoms with Gasteiger partial charge in [0.2, 0.25) is 0 Å². The summed E-state index contributed by atoms with van der Waals surface area (Å²) < 4.78 is 6.43. The normalized spacial score (nSPS) is 9.94. The van der Waals surface area contributed by atoms with E-state index in [-0.39, 0.29) is 11.6 Å². The number of hydrogen-bond acceptors (Lipinski definition) is 4. The van der Waals surface area contributed by atoms with Crippen molar-refractivity contribution in [1.29, 1.82) is 0 Å². The minimum Gasteiger partial charge on any atom is -0.436 e. The monoisotopic (exact) mass is 341 g/mol. The van der Waals surface area contributed by atoms with Gasteiger partial charge < -0.3 is 10.5 Å². The fourth-order valence-corrected chi connectivity index (χ4v) is 1.70. The first-order chi connectivity index (χ1) is 8.18. The van der Waals surface area contributed by atoms with Gasteiger partial charge in [-0.15, -0.1) is 0 Å². The Bertz CT molecular complexity index is 560. The molecule has 2 N–H and O–H groups in total. The maximum absolute atomic E-state index is 11.1. The molecule has 0 radical (unpaired) electrons. The first kappa shape index (κ1) is 11.8. The lowest BCUT2D eigenvalue weighted by Crippen LogP contribution is -2.15. The molecule has 0 aliphatic rings. The van der Waals surface area contributed by atoms with Gasteiger partial charge in [-0.1, -0.05) is 12.1 Å². The summed E-state index contributed by atoms with van der Waals surface area (Å²) >= 11 is 2.13. The highest BCUT2D eigenvalue weighted by molar-refractivity contribution is 14.1. The molecule has 2 rings (SSSR count). The van der Waals surface area contributed by atoms with Crippen molar-refractivity contribution in [1.82, 2.24) is 9.97 Å². The summed E-state index contributed by atoms with van der Waals surface area (Å²) in [6.45, 7) is 0. The van der Waals surface area contributed by atoms with Crippen molar-refractivity contribution >= 4 is 28.5 Å². The molecule has 0 bridgehead atoms. The van der Waals surface area contributed by atoms with Gasteiger partial charge in [0.1, 0.15) is 5.75 Å². The van der Waals surface area contributed by atoms with Gasteiger partial charge in [0.15, 0.2) is 5.69 Å². The van der Waals surface area contributed by atoms with Gasteiger partial charge in [-0.2, -0.15) is 0 Å². The summed E-state index contributed by atoms with van der Waals surface area (Å²) in [7, 11) is 0. The van der Waals surface area contributed by atoms with Gasteiger partial charge in [0, 0.05) is 12.4 Å². The molecule has 0 atom stereocenters. The van der Waals surface area contributed by atoms with Crippen molar-refractivity contribution in [3.05, 3.63) is 45.9 Å². The number of rotatable bonds is 3. The van der Waals surface area contributed by atoms with Crippen molar-refractivity contribution in [2.45, 2.75) is 0 Å². The van der Waals surface area contributed by atoms with E-state index in [1.807, 2.05) is 18.2 Å². The van der Waals surface area contributed by atoms with Crippen molar-refractivity contribution in [3.63, 3.8) is 0 Å². The average Bonchev–Trinajstić information content (AvgIpc) is 2.32. The van der Waals surface area contributed by atoms with Crippen LogP contribution in [0.2, 0.25) is 0 Å². The number of halogens is 1. The maximum atomic E-state index is 11.1. The summed E-state index contributed by atoms with van der Waals surface area (Å²) in [5.74, 6) is 0.0549. The standard InChI is InChI=1S/C11H8IN3O2/c12-7-3-1-2-4-8(7)17-11-9(10(13)16)14-5-6-15-11/h1-6H,(H2,13,16). The van der Waals surface area contributed by atoms with Gasteiger partial charge >= 0.3 is 0 Å². The van der Waals surface area contributed by atoms with E-state index in [0.717, 1.165) is 3.57 Å². The van der Waals surface area contributed by atoms with Crippen LogP contribution in [-0.2, 0) is 0 Å². The smallest absolute Gasteiger partial charge is 0.272 e. The SMILES string of the molecule is NC(=O)c1nccnc1Oc1ccccc1I. The molecule has 0 aliphatic carbocycles. The molecule has 0 fully saturated rings. The first-order valence-electron chi connectivity index (χ1n) is 4.71. The third kappa shape index (κ3) is 2.70. The molecule has 0 spiro atoms. The highest BCUT2D eigenvalue weighted by Crippen LogP contribution is 2.26. The van der Waals surface area contributed by atoms with Gasteiger partial charge in [0.05, 0.1) is 3.57 Å². The van der Waals surface area contributed by atoms with Crippen LogP contribution in [0.1, 0.15) is 10.5 Å². The van der Waals surface area contributed by atoms with Crippen molar-refractivity contribution in [2.24, 2.45) is 5.73 Å². The van der Waals surface area contributed by atoms with Crippen LogP contribution in [0.25, 0.3) is 0 Å². The Morgan fingerprint density at radius 3 is 2.65 bits per heavy atom. The quantitative estimate of drug-likeness (QED) is 0.866. The molecule has 1 heterocycles. The molecule has 1 aromatic carbocycles. The van der Waals surface area contributed by atoms with Crippen LogP contribution in [0.5, 0.6) is 11.6 Å². The molecule has 1 amide bonds. The van der Waals surface area contributed by atoms with E-state index in [4.69, 9.17) is 10.5 Å². The first-order valence-corrected chi connectivity index (χ1v) is 5.79. The summed E-state index contributed by atoms with van der Waals surface area (Å²) in [4.78, 5) is 18.9. The zero-order valence-corrected chi connectivity index (χ0v) is 10.8. The second kappa shape index (κ2) is 5.09. The summed E-state index contributed by atoms with van der Waals surface area (Å²) in [5.41, 5.74) is 5.20. The average molecular weight is 341 g/mol. The number of carbonyl (C=O) groups excluding carboxylic acids is 1. The lowest BCUT2D eigenvalue weighted by atomic mass is 10.3. The van der Waals surface area contributed by atoms with Crippen molar-refractivity contribution in [2.75, 3.05) is 0 Å². The van der Waals surface area contributed by atoms with Crippen LogP contribution < -0.4 is 10.5 Å². The van der Waals surface area contributed by atoms with E-state index in [0.29, 0.717) is 5.75 Å². The molecule has 17 heavy (non-hydrogen) atoms. The van der Waals surface area contributed by atoms with Crippen LogP contribution >= 0.6 is 22.6 Å². The minimum absolute atomic E-state index is 0.0205. The van der Waals surface area contributed by atoms with Crippen LogP contribution in [0, 0.1) is 3.57 Å². The Morgan fingerprint density at radius 1 is 1.24 bits per heavy atom. The number of ether oxygens (including phenoxy) is 1. The fraction of sp³-hybridized carbons (Fsp3) is 0. The molecule has 0 saturated carbocycles. The van der Waals surface area contributed by atoms with Crippen molar-refractivity contribution < 1.29 is 9.53 Å². The highest BCUT2D eigenvalue weighted by Gasteiger charge is 2.13. The zero-order chi connectivity index (χ0) is 12.3. The van der Waals surface area contributed by atoms with Crippen LogP contribution in [0.15, 0.2) is 36.7 Å². The van der Waals surface area contributed by atoms with Gasteiger partial charge in [-0.25, -0.2) is 9.97 Å². The van der Waals surface area contributed by atoms with Gasteiger partial charge in [-0.3, -0.25) is 4.79 Å². The number of nitrogens with zero attached hydrogens (tertiary/aromatic N) is 2. The number of para-hydroxylation sites is 1. The highest BCUT2D eigenvalue weighted by atomic mass is 127. The van der Waals surface area contributed by atoms with E-state index >= 15 is 0 Å². The fourth-order valence-electron chi connectivity index (χ4n) is 1.20. The minimum atomic E-state index is -0.668. The maximum Gasteiger partial charge on any atom is 0.272 e. The summed E-state index contributed by atoms with van der Waals surface area (Å²) in [6, 6.07) is 7.38. The second-order valence-electron chi connectivity index (χ2n) is 3.11. The van der Waals surface area contributed by atoms with E-state index < -0.39 is 5.91 Å². The number of benzene rings is 1. The molecule has 5 nitrogen and oxygen atoms in total. The van der Waals surface area contributed by atoms with Crippen LogP contribution in [0.3, 0.4) is 0 Å². The zero-order valence-electron chi connectivity index (χ0n) is 8.63. The largest absolute Gasteiger partial charge is 0.436 e. The third-order valence-corrected chi connectivity index (χ3v) is 2.83. The number of amides is 1. The summed E-state index contributed by atoms with van der Waals surface area (Å²) in [5, 5.41) is 0. The van der Waals surface area contributed by atoms with Gasteiger partial charge in [0.25, 0.3) is 11.8 Å². The molecule has 1 aromatic heterocycles. The third-order valence-electron chi connectivity index (χ3n) is 1.94. The second-order valence-corrected chi connectivity index (χ2v) is 4.27. The molecule has 86 valence electrons. The summed E-state index contributed by atoms with van der Waals surface area (Å²) in [6.07, 6.45) is 2.83. The lowest BCUT2D eigenvalue weighted by Gasteiger charge is -2.07. The van der Waals surface area contributed by atoms with E-state index in [9.17, 15) is 4.79 Å². The topological polar surface area (TPSA) is 78.1 Å². The molecule has 6 heteroatoms. The lowest BCUT2D eigenvalue weighted by molar-refractivity contribution is 0.0992. The predicted molar refractivity (Wildman–Crippen MR) is 69.8 cm³/mol. The number of primary amides is 1. The van der Waals surface area contributed by atoms with E-state index in [1.165, 1.54) is 12.4 Å².